The maximum atomic E-state index is 12.5. The van der Waals surface area contributed by atoms with E-state index in [9.17, 15) is 4.79 Å². The minimum Gasteiger partial charge on any atom is -0.459 e. The van der Waals surface area contributed by atoms with Crippen molar-refractivity contribution in [3.05, 3.63) is 58.5 Å². The standard InChI is InChI=1S/C20H22N2O2S/c1-14(18-12-15-6-2-3-8-17(15)24-18)21-20(23)13-22-10-4-7-16(22)19-9-5-11-25-19/h2-3,5-6,8-9,11-12,14,16H,4,7,10,13H2,1H3,(H,21,23)/p+1/t14-,16-/m1/s1. The van der Waals surface area contributed by atoms with E-state index in [1.54, 1.807) is 11.3 Å². The maximum absolute atomic E-state index is 12.5. The van der Waals surface area contributed by atoms with Gasteiger partial charge in [0.25, 0.3) is 5.91 Å². The van der Waals surface area contributed by atoms with E-state index in [1.165, 1.54) is 22.6 Å². The summed E-state index contributed by atoms with van der Waals surface area (Å²) in [6, 6.07) is 14.6. The van der Waals surface area contributed by atoms with E-state index in [0.717, 1.165) is 23.3 Å². The zero-order valence-corrected chi connectivity index (χ0v) is 15.1. The van der Waals surface area contributed by atoms with Gasteiger partial charge in [-0.25, -0.2) is 0 Å². The Balaban J connectivity index is 1.39. The lowest BCUT2D eigenvalue weighted by atomic mass is 10.2. The van der Waals surface area contributed by atoms with Gasteiger partial charge in [0.15, 0.2) is 6.54 Å². The van der Waals surface area contributed by atoms with E-state index in [0.29, 0.717) is 12.6 Å². The first-order valence-electron chi connectivity index (χ1n) is 8.86. The number of amides is 1. The van der Waals surface area contributed by atoms with Crippen LogP contribution in [0, 0.1) is 0 Å². The highest BCUT2D eigenvalue weighted by Crippen LogP contribution is 2.24. The van der Waals surface area contributed by atoms with Crippen LogP contribution in [0.25, 0.3) is 11.0 Å². The van der Waals surface area contributed by atoms with Crippen LogP contribution in [0.1, 0.15) is 42.5 Å². The van der Waals surface area contributed by atoms with Crippen molar-refractivity contribution < 1.29 is 14.1 Å². The maximum Gasteiger partial charge on any atom is 0.275 e. The molecule has 0 spiro atoms. The van der Waals surface area contributed by atoms with E-state index in [4.69, 9.17) is 4.42 Å². The second-order valence-corrected chi connectivity index (χ2v) is 7.75. The van der Waals surface area contributed by atoms with Gasteiger partial charge in [-0.15, -0.1) is 11.3 Å². The minimum atomic E-state index is -0.123. The van der Waals surface area contributed by atoms with Gasteiger partial charge in [-0.2, -0.15) is 0 Å². The summed E-state index contributed by atoms with van der Waals surface area (Å²) in [5, 5.41) is 6.29. The fourth-order valence-corrected chi connectivity index (χ4v) is 4.66. The number of rotatable bonds is 5. The number of benzene rings is 1. The Bertz CT molecular complexity index is 823. The number of hydrogen-bond donors (Lipinski definition) is 2. The molecule has 0 radical (unpaired) electrons. The van der Waals surface area contributed by atoms with Crippen LogP contribution in [0.5, 0.6) is 0 Å². The number of para-hydroxylation sites is 1. The molecule has 0 saturated carbocycles. The fraction of sp³-hybridized carbons (Fsp3) is 0.350. The van der Waals surface area contributed by atoms with Crippen LogP contribution in [0.3, 0.4) is 0 Å². The smallest absolute Gasteiger partial charge is 0.275 e. The lowest BCUT2D eigenvalue weighted by Crippen LogP contribution is -3.11. The largest absolute Gasteiger partial charge is 0.459 e. The first-order chi connectivity index (χ1) is 12.2. The van der Waals surface area contributed by atoms with Gasteiger partial charge in [0.1, 0.15) is 17.4 Å². The van der Waals surface area contributed by atoms with Crippen LogP contribution in [0.15, 0.2) is 52.3 Å². The predicted octanol–water partition coefficient (Wildman–Crippen LogP) is 3.09. The molecule has 1 unspecified atom stereocenters. The van der Waals surface area contributed by atoms with Gasteiger partial charge < -0.3 is 14.6 Å². The average molecular weight is 355 g/mol. The van der Waals surface area contributed by atoms with Gasteiger partial charge in [-0.3, -0.25) is 4.79 Å². The molecule has 1 fully saturated rings. The Morgan fingerprint density at radius 3 is 3.04 bits per heavy atom. The number of thiophene rings is 1. The Hall–Kier alpha value is -2.11. The molecule has 1 aliphatic heterocycles. The molecule has 1 amide bonds. The third kappa shape index (κ3) is 3.48. The van der Waals surface area contributed by atoms with Crippen LogP contribution in [-0.4, -0.2) is 19.0 Å². The van der Waals surface area contributed by atoms with E-state index in [-0.39, 0.29) is 11.9 Å². The van der Waals surface area contributed by atoms with E-state index < -0.39 is 0 Å². The Labute approximate surface area is 151 Å². The lowest BCUT2D eigenvalue weighted by molar-refractivity contribution is -0.910. The topological polar surface area (TPSA) is 46.7 Å². The summed E-state index contributed by atoms with van der Waals surface area (Å²) in [5.41, 5.74) is 0.863. The van der Waals surface area contributed by atoms with Crippen molar-refractivity contribution >= 4 is 28.2 Å². The summed E-state index contributed by atoms with van der Waals surface area (Å²) in [6.45, 7) is 3.56. The van der Waals surface area contributed by atoms with Crippen molar-refractivity contribution in [1.82, 2.24) is 5.32 Å². The quantitative estimate of drug-likeness (QED) is 0.739. The second kappa shape index (κ2) is 7.02. The number of furan rings is 1. The van der Waals surface area contributed by atoms with Crippen LogP contribution in [0.2, 0.25) is 0 Å². The Morgan fingerprint density at radius 1 is 1.36 bits per heavy atom. The van der Waals surface area contributed by atoms with Crippen LogP contribution in [0.4, 0.5) is 0 Å². The van der Waals surface area contributed by atoms with Gasteiger partial charge in [-0.05, 0) is 30.5 Å². The minimum absolute atomic E-state index is 0.0893. The summed E-state index contributed by atoms with van der Waals surface area (Å²) in [5.74, 6) is 0.896. The van der Waals surface area contributed by atoms with Gasteiger partial charge >= 0.3 is 0 Å². The predicted molar refractivity (Wildman–Crippen MR) is 99.8 cm³/mol. The molecule has 0 bridgehead atoms. The third-order valence-corrected chi connectivity index (χ3v) is 5.99. The van der Waals surface area contributed by atoms with Crippen molar-refractivity contribution in [1.29, 1.82) is 0 Å². The third-order valence-electron chi connectivity index (χ3n) is 5.01. The molecule has 25 heavy (non-hydrogen) atoms. The normalized spacial score (nSPS) is 21.5. The molecule has 5 heteroatoms. The monoisotopic (exact) mass is 355 g/mol. The molecular weight excluding hydrogens is 332 g/mol. The second-order valence-electron chi connectivity index (χ2n) is 6.77. The molecule has 1 aliphatic rings. The van der Waals surface area contributed by atoms with Crippen molar-refractivity contribution in [2.45, 2.75) is 31.8 Å². The van der Waals surface area contributed by atoms with E-state index in [1.807, 2.05) is 37.3 Å². The van der Waals surface area contributed by atoms with Crippen LogP contribution in [-0.2, 0) is 4.79 Å². The molecule has 4 rings (SSSR count). The first-order valence-corrected chi connectivity index (χ1v) is 9.74. The van der Waals surface area contributed by atoms with Gasteiger partial charge in [0.05, 0.1) is 17.5 Å². The summed E-state index contributed by atoms with van der Waals surface area (Å²) < 4.78 is 5.86. The lowest BCUT2D eigenvalue weighted by Gasteiger charge is -2.21. The molecule has 4 nitrogen and oxygen atoms in total. The zero-order valence-electron chi connectivity index (χ0n) is 14.3. The number of likely N-dealkylation sites (tertiary alicyclic amines) is 1. The molecule has 3 heterocycles. The molecule has 1 aromatic carbocycles. The van der Waals surface area contributed by atoms with E-state index in [2.05, 4.69) is 22.8 Å². The van der Waals surface area contributed by atoms with Crippen LogP contribution < -0.4 is 10.2 Å². The fourth-order valence-electron chi connectivity index (χ4n) is 3.74. The summed E-state index contributed by atoms with van der Waals surface area (Å²) in [4.78, 5) is 15.3. The summed E-state index contributed by atoms with van der Waals surface area (Å²) >= 11 is 1.80. The number of carbonyl (C=O) groups excluding carboxylic acids is 1. The summed E-state index contributed by atoms with van der Waals surface area (Å²) in [6.07, 6.45) is 2.35. The number of nitrogens with one attached hydrogen (secondary N) is 2. The highest BCUT2D eigenvalue weighted by atomic mass is 32.1. The zero-order chi connectivity index (χ0) is 17.2. The molecule has 1 saturated heterocycles. The van der Waals surface area contributed by atoms with Crippen LogP contribution >= 0.6 is 11.3 Å². The molecule has 0 aliphatic carbocycles. The Morgan fingerprint density at radius 2 is 2.24 bits per heavy atom. The first kappa shape index (κ1) is 16.4. The van der Waals surface area contributed by atoms with Gasteiger partial charge in [-0.1, -0.05) is 24.3 Å². The Kier molecular flexibility index (Phi) is 4.59. The molecule has 3 atom stereocenters. The highest BCUT2D eigenvalue weighted by molar-refractivity contribution is 7.10. The van der Waals surface area contributed by atoms with Crippen molar-refractivity contribution in [3.8, 4) is 0 Å². The number of quaternary nitrogens is 1. The molecule has 2 aromatic heterocycles. The van der Waals surface area contributed by atoms with Crippen molar-refractivity contribution in [3.63, 3.8) is 0 Å². The van der Waals surface area contributed by atoms with Crippen molar-refractivity contribution in [2.75, 3.05) is 13.1 Å². The average Bonchev–Trinajstić information content (AvgIpc) is 3.34. The highest BCUT2D eigenvalue weighted by Gasteiger charge is 2.32. The number of hydrogen-bond acceptors (Lipinski definition) is 3. The van der Waals surface area contributed by atoms with Gasteiger partial charge in [0, 0.05) is 18.2 Å². The summed E-state index contributed by atoms with van der Waals surface area (Å²) in [7, 11) is 0. The van der Waals surface area contributed by atoms with Gasteiger partial charge in [0.2, 0.25) is 0 Å². The molecule has 130 valence electrons. The molecule has 3 aromatic rings. The number of fused-ring (bicyclic) bond motifs is 1. The molecule has 2 N–H and O–H groups in total. The number of carbonyl (C=O) groups is 1. The van der Waals surface area contributed by atoms with E-state index >= 15 is 0 Å². The SMILES string of the molecule is C[C@@H](NC(=O)C[NH+]1CCC[C@@H]1c1cccs1)c1cc2ccccc2o1. The van der Waals surface area contributed by atoms with Crippen molar-refractivity contribution in [2.24, 2.45) is 0 Å². The molecular formula is C20H23N2O2S+.